The minimum absolute atomic E-state index is 0. The summed E-state index contributed by atoms with van der Waals surface area (Å²) in [5.41, 5.74) is 10.8. The van der Waals surface area contributed by atoms with E-state index in [0.717, 1.165) is 56.3 Å². The second-order valence-corrected chi connectivity index (χ2v) is 11.1. The minimum atomic E-state index is 0. The van der Waals surface area contributed by atoms with Crippen molar-refractivity contribution in [1.82, 2.24) is 9.97 Å². The molecule has 0 amide bonds. The first-order chi connectivity index (χ1) is 20.0. The molecule has 2 heterocycles. The summed E-state index contributed by atoms with van der Waals surface area (Å²) in [5, 5.41) is 5.21. The first-order valence-electron chi connectivity index (χ1n) is 13.9. The molecular formula is C38H31N3Pt. The molecule has 4 heteroatoms. The van der Waals surface area contributed by atoms with Crippen LogP contribution in [-0.4, -0.2) is 9.97 Å². The van der Waals surface area contributed by atoms with Crippen molar-refractivity contribution in [1.29, 1.82) is 0 Å². The van der Waals surface area contributed by atoms with Crippen LogP contribution in [0.25, 0.3) is 50.2 Å². The molecule has 0 fully saturated rings. The summed E-state index contributed by atoms with van der Waals surface area (Å²) in [6.45, 7) is 6.69. The molecule has 0 atom stereocenters. The van der Waals surface area contributed by atoms with Gasteiger partial charge < -0.3 is 5.32 Å². The van der Waals surface area contributed by atoms with E-state index >= 15 is 0 Å². The van der Waals surface area contributed by atoms with Crippen molar-refractivity contribution < 1.29 is 21.1 Å². The van der Waals surface area contributed by atoms with E-state index in [4.69, 9.17) is 10.3 Å². The molecule has 6 aromatic rings. The zero-order valence-electron chi connectivity index (χ0n) is 23.9. The van der Waals surface area contributed by atoms with Gasteiger partial charge in [0.2, 0.25) is 0 Å². The summed E-state index contributed by atoms with van der Waals surface area (Å²) >= 11 is 0. The van der Waals surface area contributed by atoms with E-state index in [9.17, 15) is 0 Å². The second kappa shape index (κ2) is 12.7. The van der Waals surface area contributed by atoms with Crippen molar-refractivity contribution in [2.24, 2.45) is 0 Å². The smallest absolute Gasteiger partial charge is 0.665 e. The third-order valence-electron chi connectivity index (χ3n) is 7.14. The minimum Gasteiger partial charge on any atom is -0.665 e. The topological polar surface area (TPSA) is 39.9 Å². The number of hydrogen-bond acceptors (Lipinski definition) is 2. The molecule has 0 aliphatic carbocycles. The van der Waals surface area contributed by atoms with Gasteiger partial charge in [0.25, 0.3) is 0 Å². The molecule has 2 aromatic heterocycles. The van der Waals surface area contributed by atoms with E-state index in [-0.39, 0.29) is 26.5 Å². The van der Waals surface area contributed by atoms with Crippen LogP contribution in [-0.2, 0) is 26.5 Å². The summed E-state index contributed by atoms with van der Waals surface area (Å²) in [5.74, 6) is 0. The Morgan fingerprint density at radius 3 is 1.95 bits per heavy atom. The number of pyridine rings is 2. The Kier molecular flexibility index (Phi) is 8.80. The molecule has 0 saturated heterocycles. The third-order valence-corrected chi connectivity index (χ3v) is 7.14. The second-order valence-electron chi connectivity index (χ2n) is 11.1. The summed E-state index contributed by atoms with van der Waals surface area (Å²) in [6.07, 6.45) is 1.80. The zero-order valence-corrected chi connectivity index (χ0v) is 26.1. The van der Waals surface area contributed by atoms with Crippen LogP contribution in [0.15, 0.2) is 134 Å². The first-order valence-corrected chi connectivity index (χ1v) is 13.9. The molecule has 42 heavy (non-hydrogen) atoms. The Labute approximate surface area is 263 Å². The molecule has 0 radical (unpaired) electrons. The van der Waals surface area contributed by atoms with E-state index in [0.29, 0.717) is 0 Å². The summed E-state index contributed by atoms with van der Waals surface area (Å²) in [4.78, 5) is 9.68. The molecule has 0 aliphatic heterocycles. The molecule has 3 nitrogen and oxygen atoms in total. The monoisotopic (exact) mass is 724 g/mol. The maximum Gasteiger partial charge on any atom is 2.00 e. The number of benzene rings is 4. The molecule has 0 bridgehead atoms. The van der Waals surface area contributed by atoms with E-state index in [1.165, 1.54) is 5.56 Å². The van der Waals surface area contributed by atoms with Crippen molar-refractivity contribution >= 4 is 11.4 Å². The average Bonchev–Trinajstić information content (AvgIpc) is 3.02. The van der Waals surface area contributed by atoms with E-state index in [1.807, 2.05) is 48.5 Å². The van der Waals surface area contributed by atoms with Gasteiger partial charge in [0, 0.05) is 6.20 Å². The van der Waals surface area contributed by atoms with Crippen LogP contribution < -0.4 is 0 Å². The van der Waals surface area contributed by atoms with Crippen molar-refractivity contribution in [3.8, 4) is 44.9 Å². The molecule has 0 aliphatic rings. The van der Waals surface area contributed by atoms with Gasteiger partial charge in [-0.25, -0.2) is 4.98 Å². The van der Waals surface area contributed by atoms with Gasteiger partial charge in [-0.15, -0.1) is 46.6 Å². The Balaban J connectivity index is 0.00000353. The molecule has 0 N–H and O–H groups in total. The third kappa shape index (κ3) is 6.43. The standard InChI is InChI=1S/C38H31N3.Pt/c1-38(2,3)30-17-13-16-28(24-30)31-18-7-9-20-33(31)40-34-21-10-8-19-32(34)36-25-29(27-14-5-4-6-15-27)26-37(41-36)35-22-11-12-23-39-35;/h4-15,17-26H,1-3H3;/q-2;+2. The zero-order chi connectivity index (χ0) is 28.2. The number of hydrogen-bond donors (Lipinski definition) is 0. The van der Waals surface area contributed by atoms with Crippen LogP contribution >= 0.6 is 0 Å². The summed E-state index contributed by atoms with van der Waals surface area (Å²) < 4.78 is 0. The fourth-order valence-corrected chi connectivity index (χ4v) is 4.92. The molecule has 4 aromatic carbocycles. The van der Waals surface area contributed by atoms with Gasteiger partial charge >= 0.3 is 21.1 Å². The van der Waals surface area contributed by atoms with E-state index < -0.39 is 0 Å². The predicted molar refractivity (Wildman–Crippen MR) is 170 cm³/mol. The van der Waals surface area contributed by atoms with E-state index in [2.05, 4.69) is 111 Å². The SMILES string of the molecule is CC(C)(C)c1cc[c-]c(-c2ccccc2[N-]c2ccccc2-c2cc(-c3ccccc3)cc(-c3ccccn3)n2)c1.[Pt+2]. The Hall–Kier alpha value is -4.33. The number of para-hydroxylation sites is 2. The maximum absolute atomic E-state index is 5.21. The van der Waals surface area contributed by atoms with Crippen LogP contribution in [0.3, 0.4) is 0 Å². The number of nitrogens with zero attached hydrogens (tertiary/aromatic N) is 3. The molecule has 0 saturated carbocycles. The van der Waals surface area contributed by atoms with Gasteiger partial charge in [-0.2, -0.15) is 5.69 Å². The fourth-order valence-electron chi connectivity index (χ4n) is 4.92. The van der Waals surface area contributed by atoms with Gasteiger partial charge in [0.05, 0.1) is 17.1 Å². The Morgan fingerprint density at radius 2 is 1.24 bits per heavy atom. The van der Waals surface area contributed by atoms with Crippen molar-refractivity contribution in [3.63, 3.8) is 0 Å². The van der Waals surface area contributed by atoms with E-state index in [1.54, 1.807) is 6.20 Å². The van der Waals surface area contributed by atoms with Crippen molar-refractivity contribution in [2.45, 2.75) is 26.2 Å². The number of aromatic nitrogens is 2. The van der Waals surface area contributed by atoms with Crippen LogP contribution in [0.1, 0.15) is 26.3 Å². The summed E-state index contributed by atoms with van der Waals surface area (Å²) in [6, 6.07) is 46.9. The van der Waals surface area contributed by atoms with Crippen LogP contribution in [0.5, 0.6) is 0 Å². The largest absolute Gasteiger partial charge is 2.00 e. The van der Waals surface area contributed by atoms with Crippen LogP contribution in [0, 0.1) is 6.07 Å². The quantitative estimate of drug-likeness (QED) is 0.161. The molecule has 0 spiro atoms. The van der Waals surface area contributed by atoms with Crippen LogP contribution in [0.2, 0.25) is 0 Å². The fraction of sp³-hybridized carbons (Fsp3) is 0.105. The van der Waals surface area contributed by atoms with Gasteiger partial charge in [-0.1, -0.05) is 106 Å². The molecule has 208 valence electrons. The van der Waals surface area contributed by atoms with Crippen molar-refractivity contribution in [3.05, 3.63) is 151 Å². The van der Waals surface area contributed by atoms with Crippen LogP contribution in [0.4, 0.5) is 11.4 Å². The summed E-state index contributed by atoms with van der Waals surface area (Å²) in [7, 11) is 0. The van der Waals surface area contributed by atoms with Gasteiger partial charge in [0.15, 0.2) is 0 Å². The van der Waals surface area contributed by atoms with Gasteiger partial charge in [-0.3, -0.25) is 4.98 Å². The number of rotatable bonds is 6. The molecule has 0 unspecified atom stereocenters. The predicted octanol–water partition coefficient (Wildman–Crippen LogP) is 10.6. The van der Waals surface area contributed by atoms with Crippen molar-refractivity contribution in [2.75, 3.05) is 0 Å². The molecular weight excluding hydrogens is 694 g/mol. The van der Waals surface area contributed by atoms with Gasteiger partial charge in [0.1, 0.15) is 0 Å². The Bertz CT molecular complexity index is 1730. The normalized spacial score (nSPS) is 11.0. The average molecular weight is 725 g/mol. The first kappa shape index (κ1) is 29.2. The molecule has 6 rings (SSSR count). The Morgan fingerprint density at radius 1 is 0.595 bits per heavy atom. The maximum atomic E-state index is 5.21. The van der Waals surface area contributed by atoms with Gasteiger partial charge in [-0.05, 0) is 46.4 Å².